The van der Waals surface area contributed by atoms with Crippen LogP contribution in [0.5, 0.6) is 0 Å². The number of amides is 1. The molecule has 0 bridgehead atoms. The summed E-state index contributed by atoms with van der Waals surface area (Å²) < 4.78 is 7.63. The minimum Gasteiger partial charge on any atom is -0.466 e. The molecule has 2 heterocycles. The summed E-state index contributed by atoms with van der Waals surface area (Å²) in [6, 6.07) is 1.83. The summed E-state index contributed by atoms with van der Waals surface area (Å²) in [6.45, 7) is 0.613. The number of rotatable bonds is 5. The number of carbonyl (C=O) groups excluding carboxylic acids is 1. The Balaban J connectivity index is 1.93. The van der Waals surface area contributed by atoms with E-state index in [0.717, 1.165) is 15.9 Å². The van der Waals surface area contributed by atoms with Gasteiger partial charge in [-0.25, -0.2) is 0 Å². The molecule has 0 atom stereocenters. The predicted molar refractivity (Wildman–Crippen MR) is 65.2 cm³/mol. The van der Waals surface area contributed by atoms with Gasteiger partial charge < -0.3 is 15.5 Å². The van der Waals surface area contributed by atoms with Crippen LogP contribution in [-0.2, 0) is 17.9 Å². The van der Waals surface area contributed by atoms with Crippen LogP contribution in [0.2, 0.25) is 0 Å². The van der Waals surface area contributed by atoms with Crippen molar-refractivity contribution < 1.29 is 9.21 Å². The van der Waals surface area contributed by atoms with Crippen LogP contribution >= 0.6 is 15.9 Å². The van der Waals surface area contributed by atoms with Crippen LogP contribution in [0.15, 0.2) is 33.6 Å². The largest absolute Gasteiger partial charge is 0.466 e. The van der Waals surface area contributed by atoms with Crippen molar-refractivity contribution in [3.05, 3.63) is 35.0 Å². The van der Waals surface area contributed by atoms with Crippen molar-refractivity contribution in [3.63, 3.8) is 0 Å². The quantitative estimate of drug-likeness (QED) is 0.872. The Labute approximate surface area is 106 Å². The lowest BCUT2D eigenvalue weighted by Crippen LogP contribution is -2.18. The first-order chi connectivity index (χ1) is 8.15. The van der Waals surface area contributed by atoms with E-state index in [1.54, 1.807) is 18.7 Å². The number of hydrogen-bond acceptors (Lipinski definition) is 4. The maximum atomic E-state index is 10.7. The molecular formula is C10H11BrN4O2. The van der Waals surface area contributed by atoms with Crippen molar-refractivity contribution in [1.82, 2.24) is 9.78 Å². The first-order valence-corrected chi connectivity index (χ1v) is 5.71. The molecule has 2 aromatic heterocycles. The molecule has 2 rings (SSSR count). The molecule has 0 spiro atoms. The maximum absolute atomic E-state index is 10.7. The van der Waals surface area contributed by atoms with Gasteiger partial charge in [-0.1, -0.05) is 0 Å². The van der Waals surface area contributed by atoms with E-state index in [2.05, 4.69) is 26.3 Å². The molecule has 2 aromatic rings. The number of nitrogens with zero attached hydrogens (tertiary/aromatic N) is 2. The maximum Gasteiger partial charge on any atom is 0.239 e. The summed E-state index contributed by atoms with van der Waals surface area (Å²) >= 11 is 3.36. The zero-order valence-corrected chi connectivity index (χ0v) is 10.5. The van der Waals surface area contributed by atoms with Gasteiger partial charge in [-0.2, -0.15) is 5.10 Å². The lowest BCUT2D eigenvalue weighted by Gasteiger charge is -2.00. The molecule has 7 heteroatoms. The number of halogens is 1. The summed E-state index contributed by atoms with van der Waals surface area (Å²) in [5.41, 5.74) is 5.86. The Kier molecular flexibility index (Phi) is 3.48. The molecule has 0 saturated carbocycles. The molecule has 6 nitrogen and oxygen atoms in total. The van der Waals surface area contributed by atoms with E-state index < -0.39 is 5.91 Å². The second kappa shape index (κ2) is 5.05. The van der Waals surface area contributed by atoms with E-state index in [9.17, 15) is 4.79 Å². The number of aromatic nitrogens is 2. The zero-order chi connectivity index (χ0) is 12.3. The third kappa shape index (κ3) is 3.10. The van der Waals surface area contributed by atoms with E-state index in [4.69, 9.17) is 10.2 Å². The summed E-state index contributed by atoms with van der Waals surface area (Å²) in [5, 5.41) is 7.11. The SMILES string of the molecule is NC(=O)Cn1cc(NCc2occc2Br)cn1. The average Bonchev–Trinajstić information content (AvgIpc) is 2.84. The molecule has 1 amide bonds. The van der Waals surface area contributed by atoms with Gasteiger partial charge in [-0.3, -0.25) is 9.48 Å². The topological polar surface area (TPSA) is 86.1 Å². The molecule has 0 unspecified atom stereocenters. The third-order valence-corrected chi connectivity index (χ3v) is 2.80. The van der Waals surface area contributed by atoms with Gasteiger partial charge in [0.05, 0.1) is 29.2 Å². The average molecular weight is 299 g/mol. The van der Waals surface area contributed by atoms with Gasteiger partial charge in [0, 0.05) is 6.20 Å². The number of anilines is 1. The minimum atomic E-state index is -0.423. The van der Waals surface area contributed by atoms with Gasteiger partial charge in [0.1, 0.15) is 12.3 Å². The van der Waals surface area contributed by atoms with Crippen LogP contribution in [0, 0.1) is 0 Å². The highest BCUT2D eigenvalue weighted by atomic mass is 79.9. The van der Waals surface area contributed by atoms with Gasteiger partial charge >= 0.3 is 0 Å². The molecule has 0 aliphatic rings. The number of primary amides is 1. The summed E-state index contributed by atoms with van der Waals surface area (Å²) in [7, 11) is 0. The highest BCUT2D eigenvalue weighted by Gasteiger charge is 2.04. The summed E-state index contributed by atoms with van der Waals surface area (Å²) in [5.74, 6) is 0.376. The Morgan fingerprint density at radius 3 is 3.12 bits per heavy atom. The molecule has 3 N–H and O–H groups in total. The van der Waals surface area contributed by atoms with E-state index in [-0.39, 0.29) is 6.54 Å². The minimum absolute atomic E-state index is 0.0755. The molecule has 90 valence electrons. The number of nitrogens with one attached hydrogen (secondary N) is 1. The van der Waals surface area contributed by atoms with Gasteiger partial charge in [-0.05, 0) is 22.0 Å². The fraction of sp³-hybridized carbons (Fsp3) is 0.200. The van der Waals surface area contributed by atoms with E-state index in [1.807, 2.05) is 6.07 Å². The van der Waals surface area contributed by atoms with Crippen molar-refractivity contribution in [1.29, 1.82) is 0 Å². The number of furan rings is 1. The first kappa shape index (κ1) is 11.7. The highest BCUT2D eigenvalue weighted by Crippen LogP contribution is 2.18. The predicted octanol–water partition coefficient (Wildman–Crippen LogP) is 1.34. The van der Waals surface area contributed by atoms with Crippen LogP contribution in [0.3, 0.4) is 0 Å². The van der Waals surface area contributed by atoms with E-state index in [0.29, 0.717) is 6.54 Å². The molecular weight excluding hydrogens is 288 g/mol. The Morgan fingerprint density at radius 1 is 1.65 bits per heavy atom. The molecule has 0 radical (unpaired) electrons. The number of hydrogen-bond donors (Lipinski definition) is 2. The number of carbonyl (C=O) groups is 1. The monoisotopic (exact) mass is 298 g/mol. The van der Waals surface area contributed by atoms with Crippen LogP contribution < -0.4 is 11.1 Å². The van der Waals surface area contributed by atoms with Crippen molar-refractivity contribution >= 4 is 27.5 Å². The second-order valence-corrected chi connectivity index (χ2v) is 4.29. The Hall–Kier alpha value is -1.76. The molecule has 0 aromatic carbocycles. The fourth-order valence-corrected chi connectivity index (χ4v) is 1.68. The number of nitrogens with two attached hydrogens (primary N) is 1. The molecule has 0 fully saturated rings. The smallest absolute Gasteiger partial charge is 0.239 e. The Morgan fingerprint density at radius 2 is 2.47 bits per heavy atom. The van der Waals surface area contributed by atoms with Crippen molar-refractivity contribution in [2.75, 3.05) is 5.32 Å². The lowest BCUT2D eigenvalue weighted by molar-refractivity contribution is -0.118. The van der Waals surface area contributed by atoms with Crippen LogP contribution in [0.25, 0.3) is 0 Å². The molecule has 0 aliphatic carbocycles. The second-order valence-electron chi connectivity index (χ2n) is 3.44. The van der Waals surface area contributed by atoms with Crippen molar-refractivity contribution in [3.8, 4) is 0 Å². The molecule has 17 heavy (non-hydrogen) atoms. The van der Waals surface area contributed by atoms with Crippen LogP contribution in [-0.4, -0.2) is 15.7 Å². The highest BCUT2D eigenvalue weighted by molar-refractivity contribution is 9.10. The zero-order valence-electron chi connectivity index (χ0n) is 8.89. The van der Waals surface area contributed by atoms with Gasteiger partial charge in [0.25, 0.3) is 0 Å². The van der Waals surface area contributed by atoms with Gasteiger partial charge in [0.15, 0.2) is 0 Å². The van der Waals surface area contributed by atoms with Crippen LogP contribution in [0.1, 0.15) is 5.76 Å². The standard InChI is InChI=1S/C10H11BrN4O2/c11-8-1-2-17-9(8)4-13-7-3-14-15(5-7)6-10(12)16/h1-3,5,13H,4,6H2,(H2,12,16). The van der Waals surface area contributed by atoms with Crippen molar-refractivity contribution in [2.45, 2.75) is 13.1 Å². The molecule has 0 saturated heterocycles. The first-order valence-electron chi connectivity index (χ1n) is 4.91. The third-order valence-electron chi connectivity index (χ3n) is 2.10. The lowest BCUT2D eigenvalue weighted by atomic mass is 10.4. The Bertz CT molecular complexity index is 520. The van der Waals surface area contributed by atoms with Crippen molar-refractivity contribution in [2.24, 2.45) is 5.73 Å². The fourth-order valence-electron chi connectivity index (χ4n) is 1.33. The normalized spacial score (nSPS) is 10.4. The van der Waals surface area contributed by atoms with E-state index >= 15 is 0 Å². The molecule has 0 aliphatic heterocycles. The van der Waals surface area contributed by atoms with Gasteiger partial charge in [0.2, 0.25) is 5.91 Å². The van der Waals surface area contributed by atoms with E-state index in [1.165, 1.54) is 4.68 Å². The summed E-state index contributed by atoms with van der Waals surface area (Å²) in [6.07, 6.45) is 4.94. The van der Waals surface area contributed by atoms with Crippen LogP contribution in [0.4, 0.5) is 5.69 Å². The van der Waals surface area contributed by atoms with Gasteiger partial charge in [-0.15, -0.1) is 0 Å². The summed E-state index contributed by atoms with van der Waals surface area (Å²) in [4.78, 5) is 10.7.